The standard InChI is InChI=1S/C17H14N4O2S/c1-10-6-7-21-9-11(18-14(21)8-10)16(22)20-17-19-15-12(23-2)4-3-5-13(15)24-17/h3-9H,1-2H3,(H,19,20,22). The fourth-order valence-electron chi connectivity index (χ4n) is 2.50. The largest absolute Gasteiger partial charge is 0.494 e. The number of benzene rings is 1. The number of pyridine rings is 1. The van der Waals surface area contributed by atoms with Crippen molar-refractivity contribution in [2.45, 2.75) is 6.92 Å². The van der Waals surface area contributed by atoms with Crippen LogP contribution < -0.4 is 10.1 Å². The molecule has 0 saturated carbocycles. The molecule has 0 bridgehead atoms. The predicted octanol–water partition coefficient (Wildman–Crippen LogP) is 3.51. The van der Waals surface area contributed by atoms with Crippen LogP contribution in [0.2, 0.25) is 0 Å². The molecule has 6 nitrogen and oxygen atoms in total. The molecule has 0 fully saturated rings. The lowest BCUT2D eigenvalue weighted by Gasteiger charge is -1.98. The summed E-state index contributed by atoms with van der Waals surface area (Å²) in [7, 11) is 1.60. The monoisotopic (exact) mass is 338 g/mol. The van der Waals surface area contributed by atoms with E-state index in [1.165, 1.54) is 11.3 Å². The molecule has 24 heavy (non-hydrogen) atoms. The number of fused-ring (bicyclic) bond motifs is 2. The summed E-state index contributed by atoms with van der Waals surface area (Å²) in [4.78, 5) is 21.3. The number of amides is 1. The van der Waals surface area contributed by atoms with Crippen LogP contribution in [-0.2, 0) is 0 Å². The number of hydrogen-bond donors (Lipinski definition) is 1. The second kappa shape index (κ2) is 5.61. The quantitative estimate of drug-likeness (QED) is 0.621. The number of aryl methyl sites for hydroxylation is 1. The summed E-state index contributed by atoms with van der Waals surface area (Å²) < 4.78 is 8.07. The number of ether oxygens (including phenoxy) is 1. The van der Waals surface area contributed by atoms with E-state index in [9.17, 15) is 4.79 Å². The number of nitrogens with zero attached hydrogens (tertiary/aromatic N) is 3. The zero-order chi connectivity index (χ0) is 16.7. The predicted molar refractivity (Wildman–Crippen MR) is 94.1 cm³/mol. The van der Waals surface area contributed by atoms with Gasteiger partial charge < -0.3 is 9.14 Å². The molecule has 0 atom stereocenters. The molecule has 4 aromatic rings. The van der Waals surface area contributed by atoms with E-state index in [1.807, 2.05) is 47.9 Å². The number of methoxy groups -OCH3 is 1. The van der Waals surface area contributed by atoms with Crippen LogP contribution in [0.25, 0.3) is 15.9 Å². The normalized spacial score (nSPS) is 11.1. The van der Waals surface area contributed by atoms with Crippen LogP contribution in [0.4, 0.5) is 5.13 Å². The van der Waals surface area contributed by atoms with Crippen LogP contribution in [0.5, 0.6) is 5.75 Å². The number of imidazole rings is 1. The van der Waals surface area contributed by atoms with Gasteiger partial charge in [-0.1, -0.05) is 17.4 Å². The van der Waals surface area contributed by atoms with Gasteiger partial charge >= 0.3 is 0 Å². The van der Waals surface area contributed by atoms with Gasteiger partial charge in [0.25, 0.3) is 5.91 Å². The summed E-state index contributed by atoms with van der Waals surface area (Å²) in [6, 6.07) is 9.59. The highest BCUT2D eigenvalue weighted by Gasteiger charge is 2.15. The van der Waals surface area contributed by atoms with Gasteiger partial charge in [-0.05, 0) is 36.8 Å². The Bertz CT molecular complexity index is 1070. The Morgan fingerprint density at radius 1 is 1.29 bits per heavy atom. The molecule has 120 valence electrons. The van der Waals surface area contributed by atoms with Gasteiger partial charge in [0.2, 0.25) is 0 Å². The van der Waals surface area contributed by atoms with Crippen LogP contribution in [0.15, 0.2) is 42.7 Å². The number of aromatic nitrogens is 3. The molecule has 4 rings (SSSR count). The van der Waals surface area contributed by atoms with Crippen molar-refractivity contribution in [1.82, 2.24) is 14.4 Å². The summed E-state index contributed by atoms with van der Waals surface area (Å²) in [6.45, 7) is 1.99. The lowest BCUT2D eigenvalue weighted by molar-refractivity contribution is 0.102. The minimum atomic E-state index is -0.283. The zero-order valence-corrected chi connectivity index (χ0v) is 13.9. The molecule has 3 heterocycles. The van der Waals surface area contributed by atoms with Crippen molar-refractivity contribution in [1.29, 1.82) is 0 Å². The van der Waals surface area contributed by atoms with Crippen molar-refractivity contribution in [2.75, 3.05) is 12.4 Å². The Morgan fingerprint density at radius 3 is 3.00 bits per heavy atom. The number of carbonyl (C=O) groups excluding carboxylic acids is 1. The molecule has 0 aliphatic heterocycles. The van der Waals surface area contributed by atoms with E-state index in [2.05, 4.69) is 15.3 Å². The van der Waals surface area contributed by atoms with Crippen molar-refractivity contribution in [2.24, 2.45) is 0 Å². The Balaban J connectivity index is 1.65. The molecular weight excluding hydrogens is 324 g/mol. The van der Waals surface area contributed by atoms with Gasteiger partial charge in [-0.25, -0.2) is 9.97 Å². The van der Waals surface area contributed by atoms with E-state index in [4.69, 9.17) is 4.74 Å². The SMILES string of the molecule is COc1cccc2sc(NC(=O)c3cn4ccc(C)cc4n3)nc12. The summed E-state index contributed by atoms with van der Waals surface area (Å²) in [5.41, 5.74) is 2.93. The highest BCUT2D eigenvalue weighted by atomic mass is 32.1. The van der Waals surface area contributed by atoms with E-state index < -0.39 is 0 Å². The van der Waals surface area contributed by atoms with E-state index in [0.717, 1.165) is 21.4 Å². The fraction of sp³-hybridized carbons (Fsp3) is 0.118. The minimum absolute atomic E-state index is 0.283. The third kappa shape index (κ3) is 2.48. The van der Waals surface area contributed by atoms with Crippen molar-refractivity contribution >= 4 is 38.2 Å². The molecule has 1 amide bonds. The van der Waals surface area contributed by atoms with Crippen molar-refractivity contribution in [3.8, 4) is 5.75 Å². The molecule has 0 unspecified atom stereocenters. The summed E-state index contributed by atoms with van der Waals surface area (Å²) in [5.74, 6) is 0.404. The Hall–Kier alpha value is -2.93. The Kier molecular flexibility index (Phi) is 3.42. The maximum Gasteiger partial charge on any atom is 0.277 e. The van der Waals surface area contributed by atoms with Crippen molar-refractivity contribution < 1.29 is 9.53 Å². The third-order valence-electron chi connectivity index (χ3n) is 3.67. The van der Waals surface area contributed by atoms with Gasteiger partial charge in [0.15, 0.2) is 5.13 Å². The number of carbonyl (C=O) groups is 1. The summed E-state index contributed by atoms with van der Waals surface area (Å²) in [6.07, 6.45) is 3.59. The van der Waals surface area contributed by atoms with E-state index in [1.54, 1.807) is 13.3 Å². The number of para-hydroxylation sites is 1. The first kappa shape index (κ1) is 14.6. The topological polar surface area (TPSA) is 68.5 Å². The number of thiazole rings is 1. The number of hydrogen-bond acceptors (Lipinski definition) is 5. The Morgan fingerprint density at radius 2 is 2.17 bits per heavy atom. The van der Waals surface area contributed by atoms with Crippen LogP contribution in [0.1, 0.15) is 16.1 Å². The average Bonchev–Trinajstić information content (AvgIpc) is 3.17. The first-order chi connectivity index (χ1) is 11.6. The van der Waals surface area contributed by atoms with Gasteiger partial charge in [-0.15, -0.1) is 0 Å². The fourth-order valence-corrected chi connectivity index (χ4v) is 3.37. The van der Waals surface area contributed by atoms with E-state index in [-0.39, 0.29) is 5.91 Å². The third-order valence-corrected chi connectivity index (χ3v) is 4.61. The maximum absolute atomic E-state index is 12.4. The van der Waals surface area contributed by atoms with Crippen molar-refractivity contribution in [3.63, 3.8) is 0 Å². The minimum Gasteiger partial charge on any atom is -0.494 e. The molecule has 3 aromatic heterocycles. The van der Waals surface area contributed by atoms with Crippen LogP contribution >= 0.6 is 11.3 Å². The summed E-state index contributed by atoms with van der Waals surface area (Å²) in [5, 5.41) is 3.33. The smallest absolute Gasteiger partial charge is 0.277 e. The number of anilines is 1. The highest BCUT2D eigenvalue weighted by Crippen LogP contribution is 2.32. The van der Waals surface area contributed by atoms with E-state index in [0.29, 0.717) is 16.6 Å². The number of rotatable bonds is 3. The number of nitrogens with one attached hydrogen (secondary N) is 1. The molecular formula is C17H14N4O2S. The molecule has 0 saturated heterocycles. The summed E-state index contributed by atoms with van der Waals surface area (Å²) >= 11 is 1.40. The Labute approximate surface area is 141 Å². The molecule has 0 radical (unpaired) electrons. The second-order valence-corrected chi connectivity index (χ2v) is 6.41. The van der Waals surface area contributed by atoms with Gasteiger partial charge in [-0.3, -0.25) is 10.1 Å². The van der Waals surface area contributed by atoms with Crippen LogP contribution in [0.3, 0.4) is 0 Å². The molecule has 0 spiro atoms. The zero-order valence-electron chi connectivity index (χ0n) is 13.1. The molecule has 1 N–H and O–H groups in total. The maximum atomic E-state index is 12.4. The lowest BCUT2D eigenvalue weighted by atomic mass is 10.3. The van der Waals surface area contributed by atoms with Gasteiger partial charge in [0, 0.05) is 12.4 Å². The average molecular weight is 338 g/mol. The second-order valence-electron chi connectivity index (χ2n) is 5.38. The highest BCUT2D eigenvalue weighted by molar-refractivity contribution is 7.22. The van der Waals surface area contributed by atoms with Crippen LogP contribution in [0, 0.1) is 6.92 Å². The lowest BCUT2D eigenvalue weighted by Crippen LogP contribution is -2.11. The first-order valence-electron chi connectivity index (χ1n) is 7.34. The van der Waals surface area contributed by atoms with Gasteiger partial charge in [-0.2, -0.15) is 0 Å². The van der Waals surface area contributed by atoms with E-state index >= 15 is 0 Å². The van der Waals surface area contributed by atoms with Gasteiger partial charge in [0.05, 0.1) is 11.8 Å². The molecule has 0 aliphatic carbocycles. The first-order valence-corrected chi connectivity index (χ1v) is 8.16. The molecule has 0 aliphatic rings. The van der Waals surface area contributed by atoms with Crippen LogP contribution in [-0.4, -0.2) is 27.4 Å². The van der Waals surface area contributed by atoms with Crippen molar-refractivity contribution in [3.05, 3.63) is 54.0 Å². The molecule has 1 aromatic carbocycles. The van der Waals surface area contributed by atoms with Gasteiger partial charge in [0.1, 0.15) is 22.6 Å². The molecule has 7 heteroatoms.